The monoisotopic (exact) mass is 406 g/mol. The van der Waals surface area contributed by atoms with Crippen molar-refractivity contribution in [1.82, 2.24) is 9.80 Å². The summed E-state index contributed by atoms with van der Waals surface area (Å²) < 4.78 is 18.7. The fraction of sp³-hybridized carbons (Fsp3) is 0.571. The van der Waals surface area contributed by atoms with Crippen LogP contribution in [0.4, 0.5) is 4.39 Å². The number of carbonyl (C=O) groups is 3. The largest absolute Gasteiger partial charge is 0.494 e. The molecule has 1 saturated carbocycles. The van der Waals surface area contributed by atoms with E-state index in [1.54, 1.807) is 9.80 Å². The highest BCUT2D eigenvalue weighted by Crippen LogP contribution is 2.44. The summed E-state index contributed by atoms with van der Waals surface area (Å²) in [4.78, 5) is 39.9. The van der Waals surface area contributed by atoms with Gasteiger partial charge in [-0.05, 0) is 36.5 Å². The first-order valence-corrected chi connectivity index (χ1v) is 9.96. The molecule has 1 aliphatic heterocycles. The van der Waals surface area contributed by atoms with Crippen molar-refractivity contribution in [3.8, 4) is 5.75 Å². The fourth-order valence-corrected chi connectivity index (χ4v) is 4.44. The van der Waals surface area contributed by atoms with E-state index in [-0.39, 0.29) is 36.0 Å². The molecule has 29 heavy (non-hydrogen) atoms. The van der Waals surface area contributed by atoms with Gasteiger partial charge in [-0.1, -0.05) is 12.8 Å². The van der Waals surface area contributed by atoms with Gasteiger partial charge in [-0.25, -0.2) is 4.39 Å². The van der Waals surface area contributed by atoms with E-state index in [4.69, 9.17) is 4.74 Å². The second-order valence-electron chi connectivity index (χ2n) is 7.98. The number of nitrogens with zero attached hydrogens (tertiary/aromatic N) is 2. The third kappa shape index (κ3) is 4.86. The normalized spacial score (nSPS) is 18.6. The third-order valence-electron chi connectivity index (χ3n) is 6.03. The Hall–Kier alpha value is -2.64. The first-order chi connectivity index (χ1) is 13.8. The predicted octanol–water partition coefficient (Wildman–Crippen LogP) is 2.54. The number of aliphatic carboxylic acids is 1. The van der Waals surface area contributed by atoms with Gasteiger partial charge in [0.15, 0.2) is 11.6 Å². The average Bonchev–Trinajstić information content (AvgIpc) is 3.14. The van der Waals surface area contributed by atoms with Gasteiger partial charge in [0.05, 0.1) is 13.5 Å². The minimum absolute atomic E-state index is 0.0280. The van der Waals surface area contributed by atoms with Crippen molar-refractivity contribution in [2.45, 2.75) is 38.5 Å². The fourth-order valence-electron chi connectivity index (χ4n) is 4.44. The van der Waals surface area contributed by atoms with Gasteiger partial charge in [0.1, 0.15) is 0 Å². The molecule has 2 amide bonds. The van der Waals surface area contributed by atoms with Gasteiger partial charge in [0.25, 0.3) is 5.91 Å². The molecule has 2 aliphatic rings. The molecular formula is C21H27FN2O5. The Balaban J connectivity index is 1.57. The molecular weight excluding hydrogens is 379 g/mol. The molecule has 3 rings (SSSR count). The van der Waals surface area contributed by atoms with Gasteiger partial charge in [0, 0.05) is 38.2 Å². The Morgan fingerprint density at radius 2 is 1.69 bits per heavy atom. The number of piperazine rings is 1. The van der Waals surface area contributed by atoms with E-state index in [1.807, 2.05) is 0 Å². The standard InChI is InChI=1S/C21H27FN2O5/c1-29-17-5-4-15(12-16(17)22)20(28)24-10-8-23(9-11-24)18(25)13-21(14-19(26)27)6-2-3-7-21/h4-5,12H,2-3,6-11,13-14H2,1H3,(H,26,27). The molecule has 7 nitrogen and oxygen atoms in total. The Morgan fingerprint density at radius 3 is 2.24 bits per heavy atom. The highest BCUT2D eigenvalue weighted by Gasteiger charge is 2.39. The van der Waals surface area contributed by atoms with Gasteiger partial charge in [-0.15, -0.1) is 0 Å². The van der Waals surface area contributed by atoms with Crippen molar-refractivity contribution in [2.24, 2.45) is 5.41 Å². The van der Waals surface area contributed by atoms with Crippen LogP contribution in [0.25, 0.3) is 0 Å². The van der Waals surface area contributed by atoms with Crippen molar-refractivity contribution >= 4 is 17.8 Å². The number of benzene rings is 1. The van der Waals surface area contributed by atoms with Crippen molar-refractivity contribution in [3.05, 3.63) is 29.6 Å². The lowest BCUT2D eigenvalue weighted by molar-refractivity contribution is -0.142. The van der Waals surface area contributed by atoms with Gasteiger partial charge < -0.3 is 19.6 Å². The molecule has 158 valence electrons. The lowest BCUT2D eigenvalue weighted by atomic mass is 9.79. The number of methoxy groups -OCH3 is 1. The van der Waals surface area contributed by atoms with Crippen LogP contribution in [0.1, 0.15) is 48.9 Å². The number of carboxylic acids is 1. The molecule has 8 heteroatoms. The van der Waals surface area contributed by atoms with E-state index in [0.29, 0.717) is 26.2 Å². The zero-order valence-corrected chi connectivity index (χ0v) is 16.7. The summed E-state index contributed by atoms with van der Waals surface area (Å²) in [6.45, 7) is 1.52. The summed E-state index contributed by atoms with van der Waals surface area (Å²) in [6, 6.07) is 4.11. The Labute approximate surface area is 169 Å². The first kappa shape index (κ1) is 21.1. The number of rotatable bonds is 6. The molecule has 1 aromatic rings. The Bertz CT molecular complexity index is 783. The average molecular weight is 406 g/mol. The number of hydrogen-bond donors (Lipinski definition) is 1. The summed E-state index contributed by atoms with van der Waals surface area (Å²) in [6.07, 6.45) is 3.73. The lowest BCUT2D eigenvalue weighted by Gasteiger charge is -2.37. The Kier molecular flexibility index (Phi) is 6.39. The van der Waals surface area contributed by atoms with Crippen LogP contribution in [0.5, 0.6) is 5.75 Å². The number of amides is 2. The minimum atomic E-state index is -0.859. The summed E-state index contributed by atoms with van der Waals surface area (Å²) in [5, 5.41) is 9.22. The molecule has 1 aromatic carbocycles. The maximum Gasteiger partial charge on any atom is 0.303 e. The van der Waals surface area contributed by atoms with Gasteiger partial charge in [-0.3, -0.25) is 14.4 Å². The van der Waals surface area contributed by atoms with Crippen LogP contribution in [-0.4, -0.2) is 66.0 Å². The first-order valence-electron chi connectivity index (χ1n) is 9.96. The van der Waals surface area contributed by atoms with E-state index in [9.17, 15) is 23.9 Å². The summed E-state index contributed by atoms with van der Waals surface area (Å²) in [5.41, 5.74) is -0.189. The van der Waals surface area contributed by atoms with E-state index in [1.165, 1.54) is 19.2 Å². The van der Waals surface area contributed by atoms with Gasteiger partial charge in [-0.2, -0.15) is 0 Å². The molecule has 0 radical (unpaired) electrons. The van der Waals surface area contributed by atoms with Crippen molar-refractivity contribution < 1.29 is 28.6 Å². The maximum absolute atomic E-state index is 13.9. The predicted molar refractivity (Wildman–Crippen MR) is 103 cm³/mol. The molecule has 0 bridgehead atoms. The van der Waals surface area contributed by atoms with Gasteiger partial charge in [0.2, 0.25) is 5.91 Å². The maximum atomic E-state index is 13.9. The van der Waals surface area contributed by atoms with E-state index < -0.39 is 17.2 Å². The lowest BCUT2D eigenvalue weighted by Crippen LogP contribution is -2.51. The molecule has 1 heterocycles. The minimum Gasteiger partial charge on any atom is -0.494 e. The number of ether oxygens (including phenoxy) is 1. The zero-order valence-electron chi connectivity index (χ0n) is 16.7. The molecule has 2 fully saturated rings. The molecule has 1 aliphatic carbocycles. The van der Waals surface area contributed by atoms with Crippen LogP contribution in [0, 0.1) is 11.2 Å². The van der Waals surface area contributed by atoms with Crippen LogP contribution in [-0.2, 0) is 9.59 Å². The van der Waals surface area contributed by atoms with Crippen molar-refractivity contribution in [1.29, 1.82) is 0 Å². The molecule has 0 atom stereocenters. The summed E-state index contributed by atoms with van der Waals surface area (Å²) in [7, 11) is 1.36. The number of hydrogen-bond acceptors (Lipinski definition) is 4. The van der Waals surface area contributed by atoms with Crippen LogP contribution < -0.4 is 4.74 Å². The highest BCUT2D eigenvalue weighted by atomic mass is 19.1. The molecule has 1 N–H and O–H groups in total. The number of halogens is 1. The summed E-state index contributed by atoms with van der Waals surface area (Å²) >= 11 is 0. The smallest absolute Gasteiger partial charge is 0.303 e. The van der Waals surface area contributed by atoms with Gasteiger partial charge >= 0.3 is 5.97 Å². The highest BCUT2D eigenvalue weighted by molar-refractivity contribution is 5.94. The van der Waals surface area contributed by atoms with Crippen LogP contribution in [0.2, 0.25) is 0 Å². The molecule has 0 unspecified atom stereocenters. The SMILES string of the molecule is COc1ccc(C(=O)N2CCN(C(=O)CC3(CC(=O)O)CCCC3)CC2)cc1F. The topological polar surface area (TPSA) is 87.2 Å². The van der Waals surface area contributed by atoms with Crippen molar-refractivity contribution in [3.63, 3.8) is 0 Å². The quantitative estimate of drug-likeness (QED) is 0.785. The van der Waals surface area contributed by atoms with Crippen LogP contribution >= 0.6 is 0 Å². The number of carbonyl (C=O) groups excluding carboxylic acids is 2. The summed E-state index contributed by atoms with van der Waals surface area (Å²) in [5.74, 6) is -1.69. The second kappa shape index (κ2) is 8.80. The van der Waals surface area contributed by atoms with E-state index in [2.05, 4.69) is 0 Å². The molecule has 0 aromatic heterocycles. The number of carboxylic acid groups (broad SMARTS) is 1. The molecule has 0 spiro atoms. The second-order valence-corrected chi connectivity index (χ2v) is 7.98. The third-order valence-corrected chi connectivity index (χ3v) is 6.03. The van der Waals surface area contributed by atoms with Crippen LogP contribution in [0.15, 0.2) is 18.2 Å². The molecule has 1 saturated heterocycles. The Morgan fingerprint density at radius 1 is 1.07 bits per heavy atom. The van der Waals surface area contributed by atoms with E-state index >= 15 is 0 Å². The van der Waals surface area contributed by atoms with E-state index in [0.717, 1.165) is 31.7 Å². The van der Waals surface area contributed by atoms with Crippen LogP contribution in [0.3, 0.4) is 0 Å². The zero-order chi connectivity index (χ0) is 21.0. The van der Waals surface area contributed by atoms with Crippen molar-refractivity contribution in [2.75, 3.05) is 33.3 Å².